The molecule has 0 bridgehead atoms. The van der Waals surface area contributed by atoms with Crippen molar-refractivity contribution in [1.29, 1.82) is 0 Å². The molecule has 0 saturated heterocycles. The summed E-state index contributed by atoms with van der Waals surface area (Å²) >= 11 is 0. The van der Waals surface area contributed by atoms with Gasteiger partial charge in [0.05, 0.1) is 5.45 Å². The predicted molar refractivity (Wildman–Crippen MR) is 103 cm³/mol. The Morgan fingerprint density at radius 1 is 0.600 bits per heavy atom. The van der Waals surface area contributed by atoms with E-state index < -0.39 is 26.1 Å². The van der Waals surface area contributed by atoms with E-state index in [4.69, 9.17) is 20.2 Å². The van der Waals surface area contributed by atoms with Crippen LogP contribution in [0.5, 0.6) is 0 Å². The quantitative estimate of drug-likeness (QED) is 0.0420. The van der Waals surface area contributed by atoms with Crippen LogP contribution in [-0.4, -0.2) is 31.1 Å². The van der Waals surface area contributed by atoms with E-state index in [1.54, 1.807) is 0 Å². The number of hydrogen-bond donors (Lipinski definition) is 4. The first kappa shape index (κ1) is 35.8. The van der Waals surface area contributed by atoms with Crippen molar-refractivity contribution >= 4 is 26.1 Å². The smallest absolute Gasteiger partial charge is 0.806 e. The minimum Gasteiger partial charge on any atom is -0.806 e. The molecule has 0 radical (unpaired) electrons. The topological polar surface area (TPSA) is 186 Å². The van der Waals surface area contributed by atoms with Gasteiger partial charge in [-0.15, -0.1) is 0 Å². The molecule has 0 aliphatic rings. The maximum absolute atomic E-state index is 10.9. The zero-order chi connectivity index (χ0) is 21.5. The van der Waals surface area contributed by atoms with Gasteiger partial charge in [-0.3, -0.25) is 4.57 Å². The molecule has 30 heavy (non-hydrogen) atoms. The first-order valence-corrected chi connectivity index (χ1v) is 12.8. The summed E-state index contributed by atoms with van der Waals surface area (Å²) in [5, 5.41) is 22.3. The molecule has 0 unspecified atom stereocenters. The number of hydrogen-bond acceptors (Lipinski definition) is 8. The van der Waals surface area contributed by atoms with E-state index in [1.165, 1.54) is 0 Å². The fourth-order valence-electron chi connectivity index (χ4n) is 2.83. The second-order valence-corrected chi connectivity index (χ2v) is 9.93. The van der Waals surface area contributed by atoms with Gasteiger partial charge < -0.3 is 34.6 Å². The Hall–Kier alpha value is 1.24. The van der Waals surface area contributed by atoms with Crippen LogP contribution in [0.3, 0.4) is 0 Å². The summed E-state index contributed by atoms with van der Waals surface area (Å²) in [6.45, 7) is 0. The Morgan fingerprint density at radius 2 is 0.867 bits per heavy atom. The molecule has 0 aliphatic heterocycles. The summed E-state index contributed by atoms with van der Waals surface area (Å²) in [5.41, 5.74) is -1.13. The van der Waals surface area contributed by atoms with E-state index in [2.05, 4.69) is 10.3 Å². The zero-order valence-corrected chi connectivity index (χ0v) is 23.9. The van der Waals surface area contributed by atoms with Gasteiger partial charge in [-0.2, -0.15) is 0 Å². The molecule has 14 heteroatoms. The molecule has 0 atom stereocenters. The van der Waals surface area contributed by atoms with E-state index in [9.17, 15) is 18.9 Å². The number of oxime groups is 2. The Balaban J connectivity index is -0.00000364. The van der Waals surface area contributed by atoms with Gasteiger partial charge in [0.2, 0.25) is 0 Å². The average Bonchev–Trinajstić information content (AvgIpc) is 2.59. The minimum atomic E-state index is -4.93. The third-order valence-electron chi connectivity index (χ3n) is 4.43. The van der Waals surface area contributed by atoms with Crippen LogP contribution in [0, 0.1) is 0 Å². The van der Waals surface area contributed by atoms with Crippen LogP contribution in [0.1, 0.15) is 89.9 Å². The van der Waals surface area contributed by atoms with Crippen molar-refractivity contribution in [3.8, 4) is 0 Å². The molecule has 4 N–H and O–H groups in total. The van der Waals surface area contributed by atoms with Gasteiger partial charge in [-0.25, -0.2) is 0 Å². The first-order chi connectivity index (χ1) is 13.1. The first-order valence-electron chi connectivity index (χ1n) is 9.63. The molecule has 0 fully saturated rings. The van der Waals surface area contributed by atoms with Crippen molar-refractivity contribution in [1.82, 2.24) is 0 Å². The van der Waals surface area contributed by atoms with Crippen LogP contribution in [-0.2, 0) is 9.13 Å². The zero-order valence-electron chi connectivity index (χ0n) is 18.1. The molecular weight excluding hydrogens is 456 g/mol. The van der Waals surface area contributed by atoms with Crippen molar-refractivity contribution in [3.05, 3.63) is 0 Å². The Kier molecular flexibility index (Phi) is 24.9. The molecule has 166 valence electrons. The predicted octanol–water partition coefficient (Wildman–Crippen LogP) is -2.88. The summed E-state index contributed by atoms with van der Waals surface area (Å²) in [6, 6.07) is 0. The van der Waals surface area contributed by atoms with E-state index in [-0.39, 0.29) is 72.0 Å². The number of nitrogens with zero attached hydrogens (tertiary/aromatic N) is 2. The van der Waals surface area contributed by atoms with Gasteiger partial charge in [-0.1, -0.05) is 74.5 Å². The van der Waals surface area contributed by atoms with E-state index in [1.807, 2.05) is 0 Å². The molecule has 0 aromatic heterocycles. The van der Waals surface area contributed by atoms with Crippen molar-refractivity contribution in [2.75, 3.05) is 0 Å². The number of unbranched alkanes of at least 4 members (excludes halogenated alkanes) is 11. The minimum absolute atomic E-state index is 0. The normalized spacial score (nSPS) is 12.9. The van der Waals surface area contributed by atoms with Gasteiger partial charge >= 0.3 is 66.7 Å². The van der Waals surface area contributed by atoms with Gasteiger partial charge in [-0.05, 0) is 26.9 Å². The average molecular weight is 488 g/mol. The fourth-order valence-corrected chi connectivity index (χ4v) is 3.94. The largest absolute Gasteiger partial charge is 1.00 e. The van der Waals surface area contributed by atoms with Crippen LogP contribution >= 0.6 is 15.2 Å². The molecule has 0 amide bonds. The third kappa shape index (κ3) is 19.9. The van der Waals surface area contributed by atoms with Crippen LogP contribution < -0.4 is 68.9 Å². The van der Waals surface area contributed by atoms with E-state index in [0.29, 0.717) is 12.8 Å². The van der Waals surface area contributed by atoms with Crippen molar-refractivity contribution < 1.29 is 98.2 Å². The molecule has 0 aromatic rings. The number of rotatable bonds is 17. The molecule has 0 aliphatic carbocycles. The second-order valence-electron chi connectivity index (χ2n) is 6.82. The maximum atomic E-state index is 10.9. The van der Waals surface area contributed by atoms with Crippen LogP contribution in [0.4, 0.5) is 0 Å². The van der Waals surface area contributed by atoms with Crippen molar-refractivity contribution in [2.24, 2.45) is 10.3 Å². The molecular formula is C16H32N2Na2O8P2. The summed E-state index contributed by atoms with van der Waals surface area (Å²) in [7, 11) is -9.36. The van der Waals surface area contributed by atoms with E-state index in [0.717, 1.165) is 64.2 Å². The van der Waals surface area contributed by atoms with Crippen molar-refractivity contribution in [2.45, 2.75) is 89.9 Å². The second kappa shape index (κ2) is 20.8. The molecule has 0 spiro atoms. The Bertz CT molecular complexity index is 532. The summed E-state index contributed by atoms with van der Waals surface area (Å²) in [5.74, 6) is 0. The Morgan fingerprint density at radius 3 is 1.10 bits per heavy atom. The fraction of sp³-hybridized carbons (Fsp3) is 0.875. The van der Waals surface area contributed by atoms with Gasteiger partial charge in [0.15, 0.2) is 5.45 Å². The molecule has 0 saturated carbocycles. The monoisotopic (exact) mass is 488 g/mol. The molecule has 0 aromatic carbocycles. The molecule has 0 rings (SSSR count). The van der Waals surface area contributed by atoms with Gasteiger partial charge in [0.25, 0.3) is 0 Å². The van der Waals surface area contributed by atoms with Gasteiger partial charge in [0, 0.05) is 6.42 Å². The van der Waals surface area contributed by atoms with Crippen LogP contribution in [0.2, 0.25) is 0 Å². The summed E-state index contributed by atoms with van der Waals surface area (Å²) < 4.78 is 21.7. The summed E-state index contributed by atoms with van der Waals surface area (Å²) in [6.07, 6.45) is 11.2. The molecule has 0 heterocycles. The maximum Gasteiger partial charge on any atom is 1.00 e. The molecule has 10 nitrogen and oxygen atoms in total. The van der Waals surface area contributed by atoms with Crippen molar-refractivity contribution in [3.63, 3.8) is 0 Å². The Labute approximate surface area is 222 Å². The van der Waals surface area contributed by atoms with Crippen LogP contribution in [0.15, 0.2) is 10.3 Å². The van der Waals surface area contributed by atoms with Crippen LogP contribution in [0.25, 0.3) is 0 Å². The summed E-state index contributed by atoms with van der Waals surface area (Å²) in [4.78, 5) is 39.3. The SMILES string of the molecule is O=P([O-])([O-])C(CCCCCCCCCCCCCCC(=NO)P(=O)(O)O)=NO.[Na+].[Na+]. The van der Waals surface area contributed by atoms with E-state index >= 15 is 0 Å². The third-order valence-corrected chi connectivity index (χ3v) is 6.36. The van der Waals surface area contributed by atoms with Gasteiger partial charge in [0.1, 0.15) is 0 Å². The standard InChI is InChI=1S/C16H34N2O8P2.2Na/c19-17-15(27(21,22)23)13-11-9-7-5-3-1-2-4-6-8-10-12-14-16(18-20)28(24,25)26;;/h19-20H,1-14H2,(H2,21,22,23)(H2,24,25,26);;/q;2*+1/p-2.